The predicted molar refractivity (Wildman–Crippen MR) is 64.7 cm³/mol. The van der Waals surface area contributed by atoms with Crippen molar-refractivity contribution in [2.24, 2.45) is 0 Å². The maximum atomic E-state index is 11.6. The summed E-state index contributed by atoms with van der Waals surface area (Å²) in [7, 11) is 0. The molecule has 2 aromatic rings. The van der Waals surface area contributed by atoms with E-state index in [1.165, 1.54) is 6.20 Å². The number of hydrogen-bond acceptors (Lipinski definition) is 3. The van der Waals surface area contributed by atoms with Crippen LogP contribution in [0.4, 0.5) is 5.82 Å². The second-order valence-electron chi connectivity index (χ2n) is 3.43. The summed E-state index contributed by atoms with van der Waals surface area (Å²) < 4.78 is 1.63. The van der Waals surface area contributed by atoms with E-state index in [9.17, 15) is 4.79 Å². The van der Waals surface area contributed by atoms with Crippen LogP contribution in [-0.2, 0) is 11.3 Å². The van der Waals surface area contributed by atoms with Gasteiger partial charge in [0.2, 0.25) is 5.91 Å². The van der Waals surface area contributed by atoms with Gasteiger partial charge in [0, 0.05) is 25.4 Å². The van der Waals surface area contributed by atoms with E-state index >= 15 is 0 Å². The summed E-state index contributed by atoms with van der Waals surface area (Å²) in [6.45, 7) is 0.491. The zero-order chi connectivity index (χ0) is 12.1. The number of halogens is 1. The Morgan fingerprint density at radius 3 is 3.00 bits per heavy atom. The van der Waals surface area contributed by atoms with Gasteiger partial charge in [0.1, 0.15) is 5.82 Å². The van der Waals surface area contributed by atoms with Gasteiger partial charge in [-0.3, -0.25) is 9.48 Å². The molecular weight excluding hydrogens is 240 g/mol. The molecule has 0 aliphatic rings. The molecule has 5 nitrogen and oxygen atoms in total. The van der Waals surface area contributed by atoms with Crippen LogP contribution in [0.1, 0.15) is 6.42 Å². The summed E-state index contributed by atoms with van der Waals surface area (Å²) in [6, 6.07) is 5.35. The fourth-order valence-corrected chi connectivity index (χ4v) is 1.48. The highest BCUT2D eigenvalue weighted by atomic mass is 35.5. The Morgan fingerprint density at radius 2 is 2.35 bits per heavy atom. The Labute approximate surface area is 103 Å². The maximum absolute atomic E-state index is 11.6. The van der Waals surface area contributed by atoms with Crippen LogP contribution in [0.15, 0.2) is 36.8 Å². The van der Waals surface area contributed by atoms with Gasteiger partial charge in [-0.2, -0.15) is 5.10 Å². The molecule has 0 saturated heterocycles. The Balaban J connectivity index is 1.82. The highest BCUT2D eigenvalue weighted by molar-refractivity contribution is 6.30. The van der Waals surface area contributed by atoms with Crippen molar-refractivity contribution in [3.63, 3.8) is 0 Å². The highest BCUT2D eigenvalue weighted by Crippen LogP contribution is 2.06. The zero-order valence-electron chi connectivity index (χ0n) is 9.01. The fraction of sp³-hybridized carbons (Fsp3) is 0.182. The van der Waals surface area contributed by atoms with Gasteiger partial charge < -0.3 is 5.32 Å². The summed E-state index contributed by atoms with van der Waals surface area (Å²) in [5.74, 6) is 0.450. The summed E-state index contributed by atoms with van der Waals surface area (Å²) in [5, 5.41) is 7.24. The first kappa shape index (κ1) is 11.6. The van der Waals surface area contributed by atoms with Crippen molar-refractivity contribution in [1.29, 1.82) is 0 Å². The lowest BCUT2D eigenvalue weighted by molar-refractivity contribution is -0.116. The molecule has 2 rings (SSSR count). The van der Waals surface area contributed by atoms with E-state index in [1.807, 2.05) is 6.07 Å². The lowest BCUT2D eigenvalue weighted by Crippen LogP contribution is -2.15. The van der Waals surface area contributed by atoms with E-state index in [0.717, 1.165) is 0 Å². The van der Waals surface area contributed by atoms with Crippen molar-refractivity contribution in [1.82, 2.24) is 14.8 Å². The van der Waals surface area contributed by atoms with Crippen molar-refractivity contribution in [3.05, 3.63) is 41.8 Å². The van der Waals surface area contributed by atoms with E-state index in [0.29, 0.717) is 23.8 Å². The molecule has 0 aliphatic heterocycles. The van der Waals surface area contributed by atoms with Crippen molar-refractivity contribution in [3.8, 4) is 0 Å². The van der Waals surface area contributed by atoms with Crippen molar-refractivity contribution < 1.29 is 4.79 Å². The molecule has 2 aromatic heterocycles. The molecule has 0 aliphatic carbocycles. The normalized spacial score (nSPS) is 10.2. The summed E-state index contributed by atoms with van der Waals surface area (Å²) >= 11 is 5.71. The third-order valence-electron chi connectivity index (χ3n) is 2.10. The summed E-state index contributed by atoms with van der Waals surface area (Å²) in [5.41, 5.74) is 0. The predicted octanol–water partition coefficient (Wildman–Crippen LogP) is 1.96. The molecule has 17 heavy (non-hydrogen) atoms. The Bertz CT molecular complexity index is 497. The lowest BCUT2D eigenvalue weighted by atomic mass is 10.4. The van der Waals surface area contributed by atoms with Gasteiger partial charge in [0.05, 0.1) is 11.2 Å². The number of hydrogen-bond donors (Lipinski definition) is 1. The second kappa shape index (κ2) is 5.45. The first-order valence-electron chi connectivity index (χ1n) is 5.13. The average Bonchev–Trinajstić information content (AvgIpc) is 2.74. The van der Waals surface area contributed by atoms with Gasteiger partial charge in [-0.25, -0.2) is 4.98 Å². The minimum atomic E-state index is -0.102. The minimum Gasteiger partial charge on any atom is -0.311 e. The number of nitrogens with zero attached hydrogens (tertiary/aromatic N) is 3. The number of aryl methyl sites for hydroxylation is 1. The van der Waals surface area contributed by atoms with Crippen LogP contribution >= 0.6 is 11.6 Å². The van der Waals surface area contributed by atoms with E-state index in [4.69, 9.17) is 11.6 Å². The molecule has 0 aromatic carbocycles. The maximum Gasteiger partial charge on any atom is 0.227 e. The smallest absolute Gasteiger partial charge is 0.227 e. The molecule has 1 amide bonds. The van der Waals surface area contributed by atoms with E-state index in [2.05, 4.69) is 15.4 Å². The molecule has 0 bridgehead atoms. The van der Waals surface area contributed by atoms with Crippen LogP contribution < -0.4 is 5.32 Å². The largest absolute Gasteiger partial charge is 0.311 e. The molecular formula is C11H11ClN4O. The molecule has 0 atom stereocenters. The fourth-order valence-electron chi connectivity index (χ4n) is 1.32. The topological polar surface area (TPSA) is 59.8 Å². The summed E-state index contributed by atoms with van der Waals surface area (Å²) in [4.78, 5) is 15.6. The van der Waals surface area contributed by atoms with E-state index < -0.39 is 0 Å². The SMILES string of the molecule is O=C(CCn1cc(Cl)cn1)Nc1ccccn1. The molecule has 1 N–H and O–H groups in total. The second-order valence-corrected chi connectivity index (χ2v) is 3.87. The van der Waals surface area contributed by atoms with Gasteiger partial charge >= 0.3 is 0 Å². The molecule has 0 spiro atoms. The van der Waals surface area contributed by atoms with Crippen LogP contribution in [0.2, 0.25) is 5.02 Å². The quantitative estimate of drug-likeness (QED) is 0.902. The first-order valence-corrected chi connectivity index (χ1v) is 5.51. The number of anilines is 1. The Morgan fingerprint density at radius 1 is 1.47 bits per heavy atom. The summed E-state index contributed by atoms with van der Waals surface area (Å²) in [6.07, 6.45) is 5.17. The van der Waals surface area contributed by atoms with E-state index in [-0.39, 0.29) is 5.91 Å². The van der Waals surface area contributed by atoms with Gasteiger partial charge in [0.15, 0.2) is 0 Å². The van der Waals surface area contributed by atoms with E-state index in [1.54, 1.807) is 29.2 Å². The molecule has 0 radical (unpaired) electrons. The molecule has 0 saturated carbocycles. The molecule has 0 fully saturated rings. The minimum absolute atomic E-state index is 0.102. The first-order chi connectivity index (χ1) is 8.24. The zero-order valence-corrected chi connectivity index (χ0v) is 9.76. The third-order valence-corrected chi connectivity index (χ3v) is 2.30. The number of amides is 1. The van der Waals surface area contributed by atoms with Crippen LogP contribution in [0, 0.1) is 0 Å². The average molecular weight is 251 g/mol. The molecule has 2 heterocycles. The van der Waals surface area contributed by atoms with Crippen molar-refractivity contribution in [2.75, 3.05) is 5.32 Å². The molecule has 0 unspecified atom stereocenters. The van der Waals surface area contributed by atoms with Gasteiger partial charge in [-0.15, -0.1) is 0 Å². The number of carbonyl (C=O) groups is 1. The molecule has 88 valence electrons. The van der Waals surface area contributed by atoms with Gasteiger partial charge in [-0.1, -0.05) is 17.7 Å². The number of pyridine rings is 1. The van der Waals surface area contributed by atoms with Gasteiger partial charge in [0.25, 0.3) is 0 Å². The van der Waals surface area contributed by atoms with Crippen LogP contribution in [-0.4, -0.2) is 20.7 Å². The van der Waals surface area contributed by atoms with Crippen LogP contribution in [0.3, 0.4) is 0 Å². The van der Waals surface area contributed by atoms with Crippen molar-refractivity contribution >= 4 is 23.3 Å². The Kier molecular flexibility index (Phi) is 3.72. The van der Waals surface area contributed by atoms with Crippen LogP contribution in [0.25, 0.3) is 0 Å². The number of carbonyl (C=O) groups excluding carboxylic acids is 1. The highest BCUT2D eigenvalue weighted by Gasteiger charge is 2.03. The molecule has 6 heteroatoms. The number of aromatic nitrogens is 3. The Hall–Kier alpha value is -1.88. The van der Waals surface area contributed by atoms with Crippen LogP contribution in [0.5, 0.6) is 0 Å². The number of nitrogens with one attached hydrogen (secondary N) is 1. The standard InChI is InChI=1S/C11H11ClN4O/c12-9-7-14-16(8-9)6-4-11(17)15-10-3-1-2-5-13-10/h1-3,5,7-8H,4,6H2,(H,13,15,17). The lowest BCUT2D eigenvalue weighted by Gasteiger charge is -2.03. The van der Waals surface area contributed by atoms with Crippen molar-refractivity contribution in [2.45, 2.75) is 13.0 Å². The van der Waals surface area contributed by atoms with Gasteiger partial charge in [-0.05, 0) is 12.1 Å². The number of rotatable bonds is 4. The third kappa shape index (κ3) is 3.57. The monoisotopic (exact) mass is 250 g/mol.